The molecule has 16 N–H and O–H groups in total. The fraction of sp³-hybridized carbons (Fsp3) is 0.600. The van der Waals surface area contributed by atoms with Crippen LogP contribution in [0.2, 0.25) is 0 Å². The molecule has 0 aliphatic carbocycles. The van der Waals surface area contributed by atoms with E-state index in [0.717, 1.165) is 0 Å². The molecule has 0 fully saturated rings. The van der Waals surface area contributed by atoms with E-state index < -0.39 is 135 Å². The van der Waals surface area contributed by atoms with Crippen molar-refractivity contribution in [3.8, 4) is 0 Å². The van der Waals surface area contributed by atoms with Crippen molar-refractivity contribution in [3.05, 3.63) is 0 Å². The summed E-state index contributed by atoms with van der Waals surface area (Å²) in [6.45, 7) is 0. The molecule has 0 unspecified atom stereocenters. The molecule has 0 saturated carbocycles. The normalized spacial score (nSPS) is 13.4. The van der Waals surface area contributed by atoms with Crippen molar-refractivity contribution in [2.24, 2.45) is 5.73 Å². The third kappa shape index (κ3) is 18.3. The zero-order chi connectivity index (χ0) is 38.2. The number of amides is 9. The maximum atomic E-state index is 13.4. The number of hydroxylamine groups is 5. The van der Waals surface area contributed by atoms with Crippen LogP contribution in [0.5, 0.6) is 0 Å². The van der Waals surface area contributed by atoms with Crippen LogP contribution in [-0.2, 0) is 47.9 Å². The molecule has 9 amide bonds. The summed E-state index contributed by atoms with van der Waals surface area (Å²) in [5, 5.41) is 52.7. The molecule has 0 rings (SSSR count). The van der Waals surface area contributed by atoms with Gasteiger partial charge in [0.15, 0.2) is 0 Å². The Balaban J connectivity index is 6.20. The average molecular weight is 723 g/mol. The SMILES string of the molecule is N[C@H](CCC(=O)NO)C(=O)N[C@H](CCC(=O)NO)C(=O)N[C@H](CCC(=O)NO)C(=O)N[C@H](CCC(=O)NO)C(=O)N[C@@H](C=O)CCC(=O)NO. The largest absolute Gasteiger partial charge is 0.345 e. The zero-order valence-electron chi connectivity index (χ0n) is 26.4. The second-order valence-electron chi connectivity index (χ2n) is 10.4. The van der Waals surface area contributed by atoms with E-state index in [4.69, 9.17) is 31.8 Å². The van der Waals surface area contributed by atoms with Crippen LogP contribution >= 0.6 is 0 Å². The summed E-state index contributed by atoms with van der Waals surface area (Å²) in [7, 11) is 0. The van der Waals surface area contributed by atoms with E-state index in [-0.39, 0.29) is 19.1 Å². The molecule has 0 aliphatic rings. The van der Waals surface area contributed by atoms with E-state index in [1.165, 1.54) is 27.4 Å². The molecule has 282 valence electrons. The smallest absolute Gasteiger partial charge is 0.243 e. The van der Waals surface area contributed by atoms with Crippen molar-refractivity contribution < 1.29 is 74.0 Å². The molecule has 0 saturated heterocycles. The average Bonchev–Trinajstić information content (AvgIpc) is 3.12. The second-order valence-corrected chi connectivity index (χ2v) is 10.4. The number of nitrogens with two attached hydrogens (primary N) is 1. The third-order valence-corrected chi connectivity index (χ3v) is 6.70. The molecule has 25 heteroatoms. The lowest BCUT2D eigenvalue weighted by molar-refractivity contribution is -0.136. The lowest BCUT2D eigenvalue weighted by atomic mass is 10.0. The number of aldehydes is 1. The summed E-state index contributed by atoms with van der Waals surface area (Å²) in [6, 6.07) is -7.76. The van der Waals surface area contributed by atoms with E-state index in [9.17, 15) is 47.9 Å². The minimum absolute atomic E-state index is 0.247. The molecule has 50 heavy (non-hydrogen) atoms. The Labute approximate surface area is 282 Å². The number of nitrogens with one attached hydrogen (secondary N) is 9. The first kappa shape index (κ1) is 44.7. The van der Waals surface area contributed by atoms with Crippen LogP contribution in [0.4, 0.5) is 0 Å². The first-order chi connectivity index (χ1) is 23.6. The number of hydrogen-bond donors (Lipinski definition) is 15. The molecule has 0 bridgehead atoms. The maximum Gasteiger partial charge on any atom is 0.243 e. The standard InChI is InChI=1S/C25H42N10O15/c26-13(2-7-18(38)32-47)22(42)28-15(4-9-20(40)34-49)24(44)30-16(5-10-21(41)35-50)25(45)29-14(3-8-19(39)33-48)23(43)27-12(11-36)1-6-17(37)31-46/h11-16,46-50H,1-10,26H2,(H,27,43)(H,28,42)(H,29,45)(H,30,44)(H,31,37)(H,32,38)(H,33,39)(H,34,40)(H,35,41)/t12-,13-,14-,15-,16-/m1/s1. The summed E-state index contributed by atoms with van der Waals surface area (Å²) < 4.78 is 0. The van der Waals surface area contributed by atoms with Gasteiger partial charge in [-0.2, -0.15) is 0 Å². The van der Waals surface area contributed by atoms with Gasteiger partial charge >= 0.3 is 0 Å². The van der Waals surface area contributed by atoms with Crippen molar-refractivity contribution >= 4 is 59.5 Å². The Bertz CT molecular complexity index is 1220. The topological polar surface area (TPSA) is 406 Å². The van der Waals surface area contributed by atoms with Crippen LogP contribution in [0.15, 0.2) is 0 Å². The van der Waals surface area contributed by atoms with Gasteiger partial charge in [0.05, 0.1) is 12.1 Å². The molecule has 0 aromatic rings. The Kier molecular flexibility index (Phi) is 22.1. The molecule has 0 aromatic heterocycles. The lowest BCUT2D eigenvalue weighted by Crippen LogP contribution is -2.58. The van der Waals surface area contributed by atoms with E-state index in [1.54, 1.807) is 0 Å². The fourth-order valence-corrected chi connectivity index (χ4v) is 3.90. The second kappa shape index (κ2) is 24.7. The minimum atomic E-state index is -1.73. The molecule has 5 atom stereocenters. The van der Waals surface area contributed by atoms with Crippen LogP contribution in [0.1, 0.15) is 64.2 Å². The Morgan fingerprint density at radius 1 is 0.440 bits per heavy atom. The van der Waals surface area contributed by atoms with Gasteiger partial charge in [-0.15, -0.1) is 0 Å². The summed E-state index contributed by atoms with van der Waals surface area (Å²) in [6.07, 6.45) is -4.47. The highest BCUT2D eigenvalue weighted by molar-refractivity contribution is 5.96. The van der Waals surface area contributed by atoms with Gasteiger partial charge in [0, 0.05) is 32.1 Å². The van der Waals surface area contributed by atoms with Gasteiger partial charge in [0.1, 0.15) is 24.4 Å². The molecule has 0 heterocycles. The van der Waals surface area contributed by atoms with Crippen molar-refractivity contribution in [1.29, 1.82) is 0 Å². The fourth-order valence-electron chi connectivity index (χ4n) is 3.90. The first-order valence-corrected chi connectivity index (χ1v) is 14.7. The molecule has 0 aromatic carbocycles. The quantitative estimate of drug-likeness (QED) is 0.0250. The number of rotatable bonds is 24. The molecule has 0 aliphatic heterocycles. The van der Waals surface area contributed by atoms with Gasteiger partial charge in [-0.05, 0) is 32.1 Å². The van der Waals surface area contributed by atoms with Gasteiger partial charge < -0.3 is 31.8 Å². The Hall–Kier alpha value is -5.34. The number of carbonyl (C=O) groups is 10. The van der Waals surface area contributed by atoms with Gasteiger partial charge in [0.25, 0.3) is 0 Å². The van der Waals surface area contributed by atoms with Gasteiger partial charge in [-0.3, -0.25) is 69.2 Å². The van der Waals surface area contributed by atoms with Gasteiger partial charge in [-0.1, -0.05) is 0 Å². The van der Waals surface area contributed by atoms with Crippen LogP contribution in [0.25, 0.3) is 0 Å². The molecular formula is C25H42N10O15. The van der Waals surface area contributed by atoms with Crippen molar-refractivity contribution in [2.45, 2.75) is 94.4 Å². The van der Waals surface area contributed by atoms with Crippen molar-refractivity contribution in [2.75, 3.05) is 0 Å². The highest BCUT2D eigenvalue weighted by atomic mass is 16.5. The third-order valence-electron chi connectivity index (χ3n) is 6.70. The predicted octanol–water partition coefficient (Wildman–Crippen LogP) is -6.12. The highest BCUT2D eigenvalue weighted by Crippen LogP contribution is 2.07. The minimum Gasteiger partial charge on any atom is -0.345 e. The number of carbonyl (C=O) groups excluding carboxylic acids is 10. The van der Waals surface area contributed by atoms with Gasteiger partial charge in [0.2, 0.25) is 53.2 Å². The monoisotopic (exact) mass is 722 g/mol. The molecule has 0 spiro atoms. The number of hydrogen-bond acceptors (Lipinski definition) is 16. The first-order valence-electron chi connectivity index (χ1n) is 14.7. The van der Waals surface area contributed by atoms with E-state index in [0.29, 0.717) is 0 Å². The van der Waals surface area contributed by atoms with E-state index >= 15 is 0 Å². The van der Waals surface area contributed by atoms with Crippen LogP contribution < -0.4 is 54.4 Å². The van der Waals surface area contributed by atoms with Gasteiger partial charge in [-0.25, -0.2) is 27.4 Å². The van der Waals surface area contributed by atoms with Crippen molar-refractivity contribution in [1.82, 2.24) is 48.7 Å². The molecular weight excluding hydrogens is 680 g/mol. The summed E-state index contributed by atoms with van der Waals surface area (Å²) in [5.41, 5.74) is 12.4. The Morgan fingerprint density at radius 2 is 0.720 bits per heavy atom. The maximum absolute atomic E-state index is 13.4. The summed E-state index contributed by atoms with van der Waals surface area (Å²) in [4.78, 5) is 122. The van der Waals surface area contributed by atoms with Crippen LogP contribution in [0, 0.1) is 0 Å². The van der Waals surface area contributed by atoms with Crippen LogP contribution in [0.3, 0.4) is 0 Å². The summed E-state index contributed by atoms with van der Waals surface area (Å²) in [5.74, 6) is -9.18. The molecule has 0 radical (unpaired) electrons. The van der Waals surface area contributed by atoms with Crippen molar-refractivity contribution in [3.63, 3.8) is 0 Å². The predicted molar refractivity (Wildman–Crippen MR) is 158 cm³/mol. The van der Waals surface area contributed by atoms with E-state index in [2.05, 4.69) is 21.3 Å². The summed E-state index contributed by atoms with van der Waals surface area (Å²) >= 11 is 0. The molecule has 25 nitrogen and oxygen atoms in total. The Morgan fingerprint density at radius 3 is 1.04 bits per heavy atom. The van der Waals surface area contributed by atoms with Crippen LogP contribution in [-0.4, -0.2) is 116 Å². The van der Waals surface area contributed by atoms with E-state index in [1.807, 2.05) is 0 Å². The lowest BCUT2D eigenvalue weighted by Gasteiger charge is -2.26. The highest BCUT2D eigenvalue weighted by Gasteiger charge is 2.32. The zero-order valence-corrected chi connectivity index (χ0v) is 26.4.